The molecule has 1 aromatic heterocycles. The molecule has 13 heavy (non-hydrogen) atoms. The molecule has 0 N–H and O–H groups in total. The van der Waals surface area contributed by atoms with E-state index in [9.17, 15) is 9.90 Å². The summed E-state index contributed by atoms with van der Waals surface area (Å²) < 4.78 is 1.01. The molecule has 2 rings (SSSR count). The first-order valence-corrected chi connectivity index (χ1v) is 4.61. The molecule has 1 aromatic carbocycles. The van der Waals surface area contributed by atoms with Crippen molar-refractivity contribution in [3.05, 3.63) is 29.3 Å². The van der Waals surface area contributed by atoms with Crippen LogP contribution in [0.4, 0.5) is 0 Å². The van der Waals surface area contributed by atoms with Crippen LogP contribution in [0.25, 0.3) is 10.2 Å². The minimum Gasteiger partial charge on any atom is -0.550 e. The van der Waals surface area contributed by atoms with E-state index in [0.717, 1.165) is 10.2 Å². The fourth-order valence-corrected chi connectivity index (χ4v) is 2.07. The van der Waals surface area contributed by atoms with Crippen LogP contribution in [-0.2, 0) is 11.2 Å². The Kier molecular flexibility index (Phi) is 1.98. The number of aromatic nitrogens is 1. The first-order valence-electron chi connectivity index (χ1n) is 3.80. The fourth-order valence-electron chi connectivity index (χ4n) is 1.12. The molecule has 0 aliphatic rings. The zero-order chi connectivity index (χ0) is 9.26. The summed E-state index contributed by atoms with van der Waals surface area (Å²) in [5, 5.41) is 10.9. The third-order valence-electron chi connectivity index (χ3n) is 1.63. The van der Waals surface area contributed by atoms with Gasteiger partial charge in [-0.25, -0.2) is 4.98 Å². The molecule has 0 unspecified atom stereocenters. The average molecular weight is 192 g/mol. The summed E-state index contributed by atoms with van der Waals surface area (Å²) in [6.45, 7) is 0. The van der Waals surface area contributed by atoms with E-state index in [2.05, 4.69) is 4.98 Å². The molecule has 0 atom stereocenters. The van der Waals surface area contributed by atoms with Crippen LogP contribution in [0, 0.1) is 0 Å². The Bertz CT molecular complexity index is 417. The van der Waals surface area contributed by atoms with E-state index in [4.69, 9.17) is 0 Å². The van der Waals surface area contributed by atoms with Crippen molar-refractivity contribution < 1.29 is 9.90 Å². The van der Waals surface area contributed by atoms with Crippen LogP contribution in [-0.4, -0.2) is 11.0 Å². The molecule has 4 heteroatoms. The van der Waals surface area contributed by atoms with Crippen molar-refractivity contribution in [2.75, 3.05) is 0 Å². The van der Waals surface area contributed by atoms with E-state index < -0.39 is 5.97 Å². The molecule has 0 saturated heterocycles. The van der Waals surface area contributed by atoms with Crippen molar-refractivity contribution in [1.82, 2.24) is 4.98 Å². The number of thiazole rings is 1. The Balaban J connectivity index is 2.44. The number of para-hydroxylation sites is 1. The molecule has 2 aromatic rings. The highest BCUT2D eigenvalue weighted by molar-refractivity contribution is 7.18. The maximum Gasteiger partial charge on any atom is 0.0994 e. The van der Waals surface area contributed by atoms with E-state index in [1.807, 2.05) is 24.3 Å². The number of benzene rings is 1. The quantitative estimate of drug-likeness (QED) is 0.699. The normalized spacial score (nSPS) is 10.5. The Morgan fingerprint density at radius 2 is 2.23 bits per heavy atom. The van der Waals surface area contributed by atoms with Gasteiger partial charge < -0.3 is 9.90 Å². The number of carbonyl (C=O) groups is 1. The van der Waals surface area contributed by atoms with Crippen molar-refractivity contribution in [3.8, 4) is 0 Å². The lowest BCUT2D eigenvalue weighted by molar-refractivity contribution is -0.304. The monoisotopic (exact) mass is 192 g/mol. The zero-order valence-corrected chi connectivity index (χ0v) is 7.50. The van der Waals surface area contributed by atoms with Gasteiger partial charge in [-0.3, -0.25) is 0 Å². The Morgan fingerprint density at radius 3 is 2.92 bits per heavy atom. The van der Waals surface area contributed by atoms with Crippen molar-refractivity contribution in [2.45, 2.75) is 6.42 Å². The number of aliphatic carboxylic acids is 1. The maximum absolute atomic E-state index is 10.3. The second-order valence-electron chi connectivity index (χ2n) is 2.62. The van der Waals surface area contributed by atoms with Gasteiger partial charge in [0, 0.05) is 12.4 Å². The number of fused-ring (bicyclic) bond motifs is 1. The van der Waals surface area contributed by atoms with Gasteiger partial charge in [-0.05, 0) is 12.1 Å². The Labute approximate surface area is 78.7 Å². The smallest absolute Gasteiger partial charge is 0.0994 e. The maximum atomic E-state index is 10.3. The molecule has 0 saturated carbocycles. The number of rotatable bonds is 2. The summed E-state index contributed by atoms with van der Waals surface area (Å²) in [6.07, 6.45) is -0.0979. The molecular weight excluding hydrogens is 186 g/mol. The SMILES string of the molecule is O=C([O-])Cc1nc2ccccc2s1. The van der Waals surface area contributed by atoms with Crippen LogP contribution < -0.4 is 5.11 Å². The molecule has 3 nitrogen and oxygen atoms in total. The number of carbonyl (C=O) groups excluding carboxylic acids is 1. The summed E-state index contributed by atoms with van der Waals surface area (Å²) in [6, 6.07) is 7.57. The van der Waals surface area contributed by atoms with Crippen LogP contribution in [0.3, 0.4) is 0 Å². The van der Waals surface area contributed by atoms with Crippen molar-refractivity contribution in [1.29, 1.82) is 0 Å². The number of hydrogen-bond donors (Lipinski definition) is 0. The second kappa shape index (κ2) is 3.14. The molecule has 0 bridgehead atoms. The third kappa shape index (κ3) is 1.67. The van der Waals surface area contributed by atoms with Gasteiger partial charge in [0.05, 0.1) is 15.2 Å². The second-order valence-corrected chi connectivity index (χ2v) is 3.74. The van der Waals surface area contributed by atoms with Gasteiger partial charge in [0.1, 0.15) is 0 Å². The fraction of sp³-hybridized carbons (Fsp3) is 0.111. The van der Waals surface area contributed by atoms with E-state index in [0.29, 0.717) is 5.01 Å². The van der Waals surface area contributed by atoms with E-state index in [1.165, 1.54) is 11.3 Å². The topological polar surface area (TPSA) is 53.0 Å². The van der Waals surface area contributed by atoms with Crippen LogP contribution in [0.15, 0.2) is 24.3 Å². The predicted molar refractivity (Wildman–Crippen MR) is 48.3 cm³/mol. The van der Waals surface area contributed by atoms with Crippen LogP contribution in [0.5, 0.6) is 0 Å². The molecule has 1 heterocycles. The van der Waals surface area contributed by atoms with Gasteiger partial charge in [-0.1, -0.05) is 12.1 Å². The van der Waals surface area contributed by atoms with E-state index in [1.54, 1.807) is 0 Å². The summed E-state index contributed by atoms with van der Waals surface area (Å²) in [5.74, 6) is -1.08. The molecule has 0 aliphatic heterocycles. The van der Waals surface area contributed by atoms with Crippen LogP contribution in [0.1, 0.15) is 5.01 Å². The first-order chi connectivity index (χ1) is 6.25. The predicted octanol–water partition coefficient (Wildman–Crippen LogP) is 0.589. The van der Waals surface area contributed by atoms with Crippen molar-refractivity contribution in [3.63, 3.8) is 0 Å². The standard InChI is InChI=1S/C9H7NO2S/c11-9(12)5-8-10-6-3-1-2-4-7(6)13-8/h1-4H,5H2,(H,11,12)/p-1. The van der Waals surface area contributed by atoms with Gasteiger partial charge in [-0.2, -0.15) is 0 Å². The average Bonchev–Trinajstić information content (AvgIpc) is 2.44. The summed E-state index contributed by atoms with van der Waals surface area (Å²) >= 11 is 1.39. The van der Waals surface area contributed by atoms with E-state index >= 15 is 0 Å². The highest BCUT2D eigenvalue weighted by atomic mass is 32.1. The van der Waals surface area contributed by atoms with Crippen molar-refractivity contribution >= 4 is 27.5 Å². The van der Waals surface area contributed by atoms with Gasteiger partial charge in [0.25, 0.3) is 0 Å². The number of nitrogens with zero attached hydrogens (tertiary/aromatic N) is 1. The number of carboxylic acid groups (broad SMARTS) is 1. The summed E-state index contributed by atoms with van der Waals surface area (Å²) in [7, 11) is 0. The Morgan fingerprint density at radius 1 is 1.46 bits per heavy atom. The summed E-state index contributed by atoms with van der Waals surface area (Å²) in [5.41, 5.74) is 0.851. The molecule has 0 aliphatic carbocycles. The lowest BCUT2D eigenvalue weighted by Gasteiger charge is -1.94. The minimum atomic E-state index is -1.08. The molecule has 0 amide bonds. The highest BCUT2D eigenvalue weighted by Crippen LogP contribution is 2.21. The number of hydrogen-bond acceptors (Lipinski definition) is 4. The molecule has 0 radical (unpaired) electrons. The van der Waals surface area contributed by atoms with Gasteiger partial charge in [-0.15, -0.1) is 11.3 Å². The molecule has 0 spiro atoms. The van der Waals surface area contributed by atoms with Gasteiger partial charge in [0.15, 0.2) is 0 Å². The molecule has 0 fully saturated rings. The first kappa shape index (κ1) is 8.19. The van der Waals surface area contributed by atoms with Crippen molar-refractivity contribution in [2.24, 2.45) is 0 Å². The van der Waals surface area contributed by atoms with E-state index in [-0.39, 0.29) is 6.42 Å². The highest BCUT2D eigenvalue weighted by Gasteiger charge is 2.02. The lowest BCUT2D eigenvalue weighted by atomic mass is 10.3. The minimum absolute atomic E-state index is 0.0979. The van der Waals surface area contributed by atoms with Crippen LogP contribution >= 0.6 is 11.3 Å². The zero-order valence-electron chi connectivity index (χ0n) is 6.69. The third-order valence-corrected chi connectivity index (χ3v) is 2.67. The molecule has 66 valence electrons. The number of carboxylic acids is 1. The largest absolute Gasteiger partial charge is 0.550 e. The van der Waals surface area contributed by atoms with Gasteiger partial charge >= 0.3 is 0 Å². The van der Waals surface area contributed by atoms with Gasteiger partial charge in [0.2, 0.25) is 0 Å². The summed E-state index contributed by atoms with van der Waals surface area (Å²) in [4.78, 5) is 14.5. The lowest BCUT2D eigenvalue weighted by Crippen LogP contribution is -2.24. The molecular formula is C9H6NO2S-. The Hall–Kier alpha value is -1.42. The van der Waals surface area contributed by atoms with Crippen LogP contribution in [0.2, 0.25) is 0 Å².